The second-order valence-electron chi connectivity index (χ2n) is 6.91. The first-order chi connectivity index (χ1) is 13.5. The fourth-order valence-corrected chi connectivity index (χ4v) is 3.82. The Morgan fingerprint density at radius 2 is 1.68 bits per heavy atom. The standard InChI is InChI=1S/C20H23NO7/c1-26-16-11-12(20(25)27-2)7-8-15(16)28-17(22)9-10-21-18(23)13-5-3-4-6-14(13)19(21)24/h7-8,11,13-14H,3-6,9-10H2,1-2H3/t13-,14-/m0/s1. The molecule has 0 spiro atoms. The minimum Gasteiger partial charge on any atom is -0.493 e. The van der Waals surface area contributed by atoms with Crippen molar-refractivity contribution in [1.82, 2.24) is 4.90 Å². The van der Waals surface area contributed by atoms with Crippen LogP contribution >= 0.6 is 0 Å². The van der Waals surface area contributed by atoms with E-state index in [0.29, 0.717) is 0 Å². The molecule has 3 rings (SSSR count). The van der Waals surface area contributed by atoms with Crippen molar-refractivity contribution < 1.29 is 33.4 Å². The number of fused-ring (bicyclic) bond motifs is 1. The molecule has 1 aliphatic heterocycles. The Morgan fingerprint density at radius 1 is 1.04 bits per heavy atom. The Kier molecular flexibility index (Phi) is 5.96. The van der Waals surface area contributed by atoms with Crippen molar-refractivity contribution in [3.63, 3.8) is 0 Å². The topological polar surface area (TPSA) is 99.2 Å². The molecule has 0 N–H and O–H groups in total. The van der Waals surface area contributed by atoms with Gasteiger partial charge in [0.05, 0.1) is 38.0 Å². The summed E-state index contributed by atoms with van der Waals surface area (Å²) in [7, 11) is 2.65. The Morgan fingerprint density at radius 3 is 2.25 bits per heavy atom. The molecule has 1 saturated carbocycles. The molecule has 0 bridgehead atoms. The molecule has 8 heteroatoms. The van der Waals surface area contributed by atoms with E-state index in [1.807, 2.05) is 0 Å². The summed E-state index contributed by atoms with van der Waals surface area (Å²) in [5, 5.41) is 0. The number of methoxy groups -OCH3 is 2. The number of rotatable bonds is 6. The molecule has 1 saturated heterocycles. The molecule has 150 valence electrons. The average Bonchev–Trinajstić information content (AvgIpc) is 2.96. The molecule has 1 aromatic rings. The number of hydrogen-bond donors (Lipinski definition) is 0. The van der Waals surface area contributed by atoms with Gasteiger partial charge in [-0.3, -0.25) is 19.3 Å². The van der Waals surface area contributed by atoms with Crippen LogP contribution < -0.4 is 9.47 Å². The number of amides is 2. The van der Waals surface area contributed by atoms with Gasteiger partial charge >= 0.3 is 11.9 Å². The van der Waals surface area contributed by atoms with Crippen LogP contribution in [-0.4, -0.2) is 49.4 Å². The Labute approximate surface area is 162 Å². The number of ether oxygens (including phenoxy) is 3. The highest BCUT2D eigenvalue weighted by atomic mass is 16.6. The minimum absolute atomic E-state index is 0.00601. The number of esters is 2. The van der Waals surface area contributed by atoms with Crippen molar-refractivity contribution in [1.29, 1.82) is 0 Å². The SMILES string of the molecule is COC(=O)c1ccc(OC(=O)CCN2C(=O)[C@H]3CCCC[C@@H]3C2=O)c(OC)c1. The highest BCUT2D eigenvalue weighted by Crippen LogP contribution is 2.38. The quantitative estimate of drug-likeness (QED) is 0.416. The lowest BCUT2D eigenvalue weighted by molar-refractivity contribution is -0.141. The molecule has 1 aliphatic carbocycles. The van der Waals surface area contributed by atoms with E-state index in [0.717, 1.165) is 25.7 Å². The van der Waals surface area contributed by atoms with Gasteiger partial charge in [-0.1, -0.05) is 12.8 Å². The van der Waals surface area contributed by atoms with Crippen molar-refractivity contribution in [2.75, 3.05) is 20.8 Å². The van der Waals surface area contributed by atoms with E-state index in [2.05, 4.69) is 4.74 Å². The van der Waals surface area contributed by atoms with E-state index in [-0.39, 0.29) is 53.7 Å². The average molecular weight is 389 g/mol. The number of likely N-dealkylation sites (tertiary alicyclic amines) is 1. The zero-order valence-corrected chi connectivity index (χ0v) is 15.9. The molecule has 2 aliphatic rings. The highest BCUT2D eigenvalue weighted by Gasteiger charge is 2.47. The van der Waals surface area contributed by atoms with Crippen LogP contribution in [0.25, 0.3) is 0 Å². The Bertz CT molecular complexity index is 780. The first-order valence-electron chi connectivity index (χ1n) is 9.28. The maximum Gasteiger partial charge on any atom is 0.337 e. The number of benzene rings is 1. The van der Waals surface area contributed by atoms with E-state index in [9.17, 15) is 19.2 Å². The molecule has 0 unspecified atom stereocenters. The van der Waals surface area contributed by atoms with Gasteiger partial charge in [-0.05, 0) is 31.0 Å². The van der Waals surface area contributed by atoms with E-state index in [1.165, 1.54) is 37.3 Å². The fraction of sp³-hybridized carbons (Fsp3) is 0.500. The van der Waals surface area contributed by atoms with Crippen molar-refractivity contribution in [3.8, 4) is 11.5 Å². The molecule has 1 aromatic carbocycles. The predicted octanol–water partition coefficient (Wildman–Crippen LogP) is 1.95. The predicted molar refractivity (Wildman–Crippen MR) is 96.8 cm³/mol. The fourth-order valence-electron chi connectivity index (χ4n) is 3.82. The lowest BCUT2D eigenvalue weighted by Crippen LogP contribution is -2.33. The third-order valence-corrected chi connectivity index (χ3v) is 5.28. The molecular weight excluding hydrogens is 366 g/mol. The molecule has 28 heavy (non-hydrogen) atoms. The first-order valence-corrected chi connectivity index (χ1v) is 9.28. The summed E-state index contributed by atoms with van der Waals surface area (Å²) in [6, 6.07) is 4.30. The molecule has 1 heterocycles. The number of nitrogens with zero attached hydrogens (tertiary/aromatic N) is 1. The smallest absolute Gasteiger partial charge is 0.337 e. The lowest BCUT2D eigenvalue weighted by atomic mass is 9.81. The summed E-state index contributed by atoms with van der Waals surface area (Å²) in [5.41, 5.74) is 0.259. The Hall–Kier alpha value is -2.90. The number of carbonyl (C=O) groups is 4. The van der Waals surface area contributed by atoms with Crippen LogP contribution in [0.15, 0.2) is 18.2 Å². The van der Waals surface area contributed by atoms with E-state index in [4.69, 9.17) is 9.47 Å². The zero-order chi connectivity index (χ0) is 20.3. The summed E-state index contributed by atoms with van der Waals surface area (Å²) in [4.78, 5) is 49.9. The third kappa shape index (κ3) is 3.85. The monoisotopic (exact) mass is 389 g/mol. The van der Waals surface area contributed by atoms with Gasteiger partial charge in [-0.15, -0.1) is 0 Å². The summed E-state index contributed by atoms with van der Waals surface area (Å²) >= 11 is 0. The molecule has 0 aromatic heterocycles. The second kappa shape index (κ2) is 8.41. The molecular formula is C20H23NO7. The number of carbonyl (C=O) groups excluding carboxylic acids is 4. The third-order valence-electron chi connectivity index (χ3n) is 5.28. The molecule has 2 fully saturated rings. The van der Waals surface area contributed by atoms with Gasteiger partial charge in [0.1, 0.15) is 0 Å². The van der Waals surface area contributed by atoms with E-state index < -0.39 is 11.9 Å². The van der Waals surface area contributed by atoms with Gasteiger partial charge in [0.25, 0.3) is 0 Å². The van der Waals surface area contributed by atoms with Crippen molar-refractivity contribution in [3.05, 3.63) is 23.8 Å². The molecule has 2 amide bonds. The maximum atomic E-state index is 12.4. The lowest BCUT2D eigenvalue weighted by Gasteiger charge is -2.19. The van der Waals surface area contributed by atoms with Crippen LogP contribution in [0, 0.1) is 11.8 Å². The van der Waals surface area contributed by atoms with Crippen molar-refractivity contribution in [2.24, 2.45) is 11.8 Å². The van der Waals surface area contributed by atoms with Gasteiger partial charge in [0.2, 0.25) is 11.8 Å². The van der Waals surface area contributed by atoms with Crippen LogP contribution in [0.1, 0.15) is 42.5 Å². The van der Waals surface area contributed by atoms with Gasteiger partial charge in [0, 0.05) is 6.54 Å². The highest BCUT2D eigenvalue weighted by molar-refractivity contribution is 6.05. The van der Waals surface area contributed by atoms with Crippen molar-refractivity contribution >= 4 is 23.8 Å². The normalized spacial score (nSPS) is 21.3. The van der Waals surface area contributed by atoms with Crippen LogP contribution in [0.4, 0.5) is 0 Å². The largest absolute Gasteiger partial charge is 0.493 e. The maximum absolute atomic E-state index is 12.4. The first kappa shape index (κ1) is 19.9. The van der Waals surface area contributed by atoms with E-state index in [1.54, 1.807) is 0 Å². The van der Waals surface area contributed by atoms with Gasteiger partial charge < -0.3 is 14.2 Å². The number of hydrogen-bond acceptors (Lipinski definition) is 7. The minimum atomic E-state index is -0.598. The van der Waals surface area contributed by atoms with Crippen LogP contribution in [0.5, 0.6) is 11.5 Å². The molecule has 8 nitrogen and oxygen atoms in total. The van der Waals surface area contributed by atoms with Gasteiger partial charge in [-0.2, -0.15) is 0 Å². The molecule has 2 atom stereocenters. The van der Waals surface area contributed by atoms with Crippen LogP contribution in [0.3, 0.4) is 0 Å². The van der Waals surface area contributed by atoms with Crippen LogP contribution in [-0.2, 0) is 19.1 Å². The summed E-state index contributed by atoms with van der Waals surface area (Å²) in [6.07, 6.45) is 3.27. The van der Waals surface area contributed by atoms with Crippen molar-refractivity contribution in [2.45, 2.75) is 32.1 Å². The van der Waals surface area contributed by atoms with E-state index >= 15 is 0 Å². The summed E-state index contributed by atoms with van der Waals surface area (Å²) in [5.74, 6) is -1.61. The second-order valence-corrected chi connectivity index (χ2v) is 6.91. The summed E-state index contributed by atoms with van der Waals surface area (Å²) < 4.78 is 15.1. The van der Waals surface area contributed by atoms with Crippen LogP contribution in [0.2, 0.25) is 0 Å². The Balaban J connectivity index is 1.61. The summed E-state index contributed by atoms with van der Waals surface area (Å²) in [6.45, 7) is 0.00601. The molecule has 0 radical (unpaired) electrons. The van der Waals surface area contributed by atoms with Gasteiger partial charge in [0.15, 0.2) is 11.5 Å². The van der Waals surface area contributed by atoms with Gasteiger partial charge in [-0.25, -0.2) is 4.79 Å². The number of imide groups is 1. The zero-order valence-electron chi connectivity index (χ0n) is 15.9.